The van der Waals surface area contributed by atoms with Gasteiger partial charge >= 0.3 is 6.36 Å². The standard InChI is InChI=1S/C13H8ClF3N2O2.C2H6/c14-11-10(2-1-7-18-11)12(20)19-8-3-5-9(6-4-8)21-13(15,16)17;1-2/h1-7H,(H,19,20);1-2H3. The second kappa shape index (κ2) is 8.38. The van der Waals surface area contributed by atoms with Crippen molar-refractivity contribution in [2.75, 3.05) is 5.32 Å². The summed E-state index contributed by atoms with van der Waals surface area (Å²) in [6.45, 7) is 4.00. The first-order chi connectivity index (χ1) is 10.8. The summed E-state index contributed by atoms with van der Waals surface area (Å²) in [4.78, 5) is 15.7. The Morgan fingerprint density at radius 1 is 1.17 bits per heavy atom. The number of nitrogens with zero attached hydrogens (tertiary/aromatic N) is 1. The lowest BCUT2D eigenvalue weighted by Gasteiger charge is -2.10. The molecule has 0 saturated carbocycles. The molecule has 0 aliphatic rings. The van der Waals surface area contributed by atoms with E-state index in [1.54, 1.807) is 6.07 Å². The van der Waals surface area contributed by atoms with Gasteiger partial charge in [0.15, 0.2) is 0 Å². The van der Waals surface area contributed by atoms with Crippen LogP contribution in [0.25, 0.3) is 0 Å². The Morgan fingerprint density at radius 3 is 2.30 bits per heavy atom. The average Bonchev–Trinajstić information content (AvgIpc) is 2.50. The summed E-state index contributed by atoms with van der Waals surface area (Å²) in [7, 11) is 0. The van der Waals surface area contributed by atoms with Gasteiger partial charge in [0.2, 0.25) is 0 Å². The lowest BCUT2D eigenvalue weighted by molar-refractivity contribution is -0.274. The first-order valence-electron chi connectivity index (χ1n) is 6.63. The van der Waals surface area contributed by atoms with Gasteiger partial charge in [0.05, 0.1) is 5.56 Å². The minimum atomic E-state index is -4.76. The maximum atomic E-state index is 12.0. The Morgan fingerprint density at radius 2 is 1.78 bits per heavy atom. The van der Waals surface area contributed by atoms with Crippen LogP contribution in [0.4, 0.5) is 18.9 Å². The van der Waals surface area contributed by atoms with Crippen molar-refractivity contribution in [1.82, 2.24) is 4.98 Å². The van der Waals surface area contributed by atoms with E-state index in [9.17, 15) is 18.0 Å². The van der Waals surface area contributed by atoms with E-state index in [2.05, 4.69) is 15.0 Å². The quantitative estimate of drug-likeness (QED) is 0.803. The van der Waals surface area contributed by atoms with Crippen molar-refractivity contribution in [3.63, 3.8) is 0 Å². The summed E-state index contributed by atoms with van der Waals surface area (Å²) in [5, 5.41) is 2.52. The number of aromatic nitrogens is 1. The Kier molecular flexibility index (Phi) is 6.84. The number of nitrogens with one attached hydrogen (secondary N) is 1. The lowest BCUT2D eigenvalue weighted by atomic mass is 10.2. The summed E-state index contributed by atoms with van der Waals surface area (Å²) in [6, 6.07) is 7.77. The molecule has 2 rings (SSSR count). The third kappa shape index (κ3) is 6.15. The van der Waals surface area contributed by atoms with E-state index >= 15 is 0 Å². The highest BCUT2D eigenvalue weighted by molar-refractivity contribution is 6.33. The van der Waals surface area contributed by atoms with Crippen LogP contribution in [0.3, 0.4) is 0 Å². The van der Waals surface area contributed by atoms with Gasteiger partial charge in [0, 0.05) is 11.9 Å². The number of ether oxygens (including phenoxy) is 1. The van der Waals surface area contributed by atoms with Gasteiger partial charge in [-0.2, -0.15) is 0 Å². The number of anilines is 1. The summed E-state index contributed by atoms with van der Waals surface area (Å²) in [6.07, 6.45) is -3.32. The number of halogens is 4. The van der Waals surface area contributed by atoms with Gasteiger partial charge in [-0.1, -0.05) is 25.4 Å². The monoisotopic (exact) mass is 346 g/mol. The van der Waals surface area contributed by atoms with Crippen LogP contribution >= 0.6 is 11.6 Å². The van der Waals surface area contributed by atoms with Crippen LogP contribution in [0.5, 0.6) is 5.75 Å². The SMILES string of the molecule is CC.O=C(Nc1ccc(OC(F)(F)F)cc1)c1cccnc1Cl. The fourth-order valence-electron chi connectivity index (χ4n) is 1.49. The fraction of sp³-hybridized carbons (Fsp3) is 0.200. The van der Waals surface area contributed by atoms with E-state index in [0.29, 0.717) is 5.69 Å². The minimum Gasteiger partial charge on any atom is -0.406 e. The van der Waals surface area contributed by atoms with Crippen LogP contribution in [-0.2, 0) is 0 Å². The highest BCUT2D eigenvalue weighted by Gasteiger charge is 2.30. The molecular formula is C15H14ClF3N2O2. The number of carbonyl (C=O) groups is 1. The number of carbonyl (C=O) groups excluding carboxylic acids is 1. The van der Waals surface area contributed by atoms with Crippen molar-refractivity contribution in [3.05, 3.63) is 53.3 Å². The maximum Gasteiger partial charge on any atom is 0.573 e. The number of amides is 1. The molecule has 1 aromatic heterocycles. The van der Waals surface area contributed by atoms with E-state index in [1.165, 1.54) is 24.4 Å². The molecule has 4 nitrogen and oxygen atoms in total. The predicted octanol–water partition coefficient (Wildman–Crippen LogP) is 4.91. The summed E-state index contributed by atoms with van der Waals surface area (Å²) in [5.41, 5.74) is 0.462. The van der Waals surface area contributed by atoms with Gasteiger partial charge in [0.25, 0.3) is 5.91 Å². The molecular weight excluding hydrogens is 333 g/mol. The highest BCUT2D eigenvalue weighted by atomic mass is 35.5. The lowest BCUT2D eigenvalue weighted by Crippen LogP contribution is -2.17. The molecule has 0 unspecified atom stereocenters. The molecule has 0 radical (unpaired) electrons. The molecule has 0 aliphatic heterocycles. The molecule has 8 heteroatoms. The third-order valence-corrected chi connectivity index (χ3v) is 2.65. The molecule has 0 atom stereocenters. The van der Waals surface area contributed by atoms with Gasteiger partial charge in [-0.25, -0.2) is 4.98 Å². The van der Waals surface area contributed by atoms with E-state index in [0.717, 1.165) is 12.1 Å². The number of hydrogen-bond donors (Lipinski definition) is 1. The second-order valence-electron chi connectivity index (χ2n) is 3.87. The van der Waals surface area contributed by atoms with Crippen molar-refractivity contribution < 1.29 is 22.7 Å². The minimum absolute atomic E-state index is 0.0343. The fourth-order valence-corrected chi connectivity index (χ4v) is 1.70. The number of rotatable bonds is 3. The van der Waals surface area contributed by atoms with Crippen molar-refractivity contribution in [1.29, 1.82) is 0 Å². The molecule has 1 amide bonds. The molecule has 0 saturated heterocycles. The van der Waals surface area contributed by atoms with Crippen molar-refractivity contribution >= 4 is 23.2 Å². The second-order valence-corrected chi connectivity index (χ2v) is 4.23. The molecule has 0 aliphatic carbocycles. The Bertz CT molecular complexity index is 646. The molecule has 0 spiro atoms. The van der Waals surface area contributed by atoms with Crippen LogP contribution < -0.4 is 10.1 Å². The zero-order valence-electron chi connectivity index (χ0n) is 12.3. The van der Waals surface area contributed by atoms with Gasteiger partial charge < -0.3 is 10.1 Å². The summed E-state index contributed by atoms with van der Waals surface area (Å²) >= 11 is 5.77. The zero-order chi connectivity index (χ0) is 17.5. The highest BCUT2D eigenvalue weighted by Crippen LogP contribution is 2.24. The van der Waals surface area contributed by atoms with E-state index in [1.807, 2.05) is 13.8 Å². The van der Waals surface area contributed by atoms with Crippen LogP contribution in [-0.4, -0.2) is 17.3 Å². The molecule has 124 valence electrons. The normalized spacial score (nSPS) is 10.3. The van der Waals surface area contributed by atoms with Crippen LogP contribution in [0.2, 0.25) is 5.15 Å². The topological polar surface area (TPSA) is 51.2 Å². The molecule has 2 aromatic rings. The third-order valence-electron chi connectivity index (χ3n) is 2.35. The van der Waals surface area contributed by atoms with E-state index in [-0.39, 0.29) is 16.5 Å². The molecule has 23 heavy (non-hydrogen) atoms. The Labute approximate surface area is 136 Å². The summed E-state index contributed by atoms with van der Waals surface area (Å²) in [5.74, 6) is -0.891. The van der Waals surface area contributed by atoms with Crippen LogP contribution in [0.15, 0.2) is 42.6 Å². The number of alkyl halides is 3. The van der Waals surface area contributed by atoms with E-state index < -0.39 is 12.3 Å². The average molecular weight is 347 g/mol. The van der Waals surface area contributed by atoms with E-state index in [4.69, 9.17) is 11.6 Å². The van der Waals surface area contributed by atoms with Gasteiger partial charge in [0.1, 0.15) is 10.9 Å². The smallest absolute Gasteiger partial charge is 0.406 e. The number of hydrogen-bond acceptors (Lipinski definition) is 3. The largest absolute Gasteiger partial charge is 0.573 e. The van der Waals surface area contributed by atoms with Crippen LogP contribution in [0, 0.1) is 0 Å². The molecule has 0 fully saturated rings. The number of benzene rings is 1. The van der Waals surface area contributed by atoms with Crippen LogP contribution in [0.1, 0.15) is 24.2 Å². The van der Waals surface area contributed by atoms with Gasteiger partial charge in [-0.3, -0.25) is 4.79 Å². The molecule has 1 aromatic carbocycles. The Hall–Kier alpha value is -2.28. The first kappa shape index (κ1) is 18.8. The summed E-state index contributed by atoms with van der Waals surface area (Å²) < 4.78 is 39.7. The van der Waals surface area contributed by atoms with Crippen molar-refractivity contribution in [3.8, 4) is 5.75 Å². The molecule has 1 N–H and O–H groups in total. The molecule has 0 bridgehead atoms. The van der Waals surface area contributed by atoms with Crippen molar-refractivity contribution in [2.45, 2.75) is 20.2 Å². The van der Waals surface area contributed by atoms with Gasteiger partial charge in [-0.05, 0) is 36.4 Å². The maximum absolute atomic E-state index is 12.0. The zero-order valence-corrected chi connectivity index (χ0v) is 13.1. The first-order valence-corrected chi connectivity index (χ1v) is 7.00. The molecule has 1 heterocycles. The van der Waals surface area contributed by atoms with Crippen molar-refractivity contribution in [2.24, 2.45) is 0 Å². The number of pyridine rings is 1. The van der Waals surface area contributed by atoms with Gasteiger partial charge in [-0.15, -0.1) is 13.2 Å². The predicted molar refractivity (Wildman–Crippen MR) is 81.7 cm³/mol. The Balaban J connectivity index is 0.00000127.